The van der Waals surface area contributed by atoms with Gasteiger partial charge in [0.1, 0.15) is 0 Å². The van der Waals surface area contributed by atoms with Crippen molar-refractivity contribution in [3.63, 3.8) is 0 Å². The zero-order chi connectivity index (χ0) is 12.5. The lowest BCUT2D eigenvalue weighted by atomic mass is 9.92. The highest BCUT2D eigenvalue weighted by Gasteiger charge is 2.19. The fourth-order valence-corrected chi connectivity index (χ4v) is 2.00. The summed E-state index contributed by atoms with van der Waals surface area (Å²) in [4.78, 5) is 0. The molecule has 0 spiro atoms. The Morgan fingerprint density at radius 1 is 1.18 bits per heavy atom. The summed E-state index contributed by atoms with van der Waals surface area (Å²) in [6.07, 6.45) is 2.97. The number of nitrogens with zero attached hydrogens (tertiary/aromatic N) is 1. The van der Waals surface area contributed by atoms with Gasteiger partial charge >= 0.3 is 0 Å². The largest absolute Gasteiger partial charge is 0.387 e. The van der Waals surface area contributed by atoms with Crippen LogP contribution in [-0.4, -0.2) is 11.0 Å². The molecule has 2 atom stereocenters. The molecule has 1 N–H and O–H groups in total. The van der Waals surface area contributed by atoms with E-state index in [9.17, 15) is 5.11 Å². The van der Waals surface area contributed by atoms with Gasteiger partial charge in [-0.25, -0.2) is 0 Å². The molecule has 17 heavy (non-hydrogen) atoms. The number of alkyl halides is 1. The van der Waals surface area contributed by atoms with Crippen molar-refractivity contribution in [3.8, 4) is 6.07 Å². The van der Waals surface area contributed by atoms with Gasteiger partial charge in [0.05, 0.1) is 18.1 Å². The van der Waals surface area contributed by atoms with Gasteiger partial charge in [0.25, 0.3) is 0 Å². The number of hydrogen-bond donors (Lipinski definition) is 1. The Labute approximate surface area is 108 Å². The summed E-state index contributed by atoms with van der Waals surface area (Å²) in [7, 11) is 0. The van der Waals surface area contributed by atoms with Crippen LogP contribution in [0.4, 0.5) is 0 Å². The third-order valence-electron chi connectivity index (χ3n) is 2.84. The van der Waals surface area contributed by atoms with E-state index in [-0.39, 0.29) is 5.92 Å². The normalized spacial score (nSPS) is 13.9. The number of aliphatic hydroxyl groups is 1. The van der Waals surface area contributed by atoms with Crippen LogP contribution in [-0.2, 0) is 0 Å². The van der Waals surface area contributed by atoms with E-state index in [0.717, 1.165) is 31.2 Å². The summed E-state index contributed by atoms with van der Waals surface area (Å²) >= 11 is 5.59. The minimum absolute atomic E-state index is 0.326. The number of halogens is 1. The minimum atomic E-state index is -0.683. The van der Waals surface area contributed by atoms with Gasteiger partial charge in [-0.1, -0.05) is 43.2 Å². The molecule has 2 unspecified atom stereocenters. The third-order valence-corrected chi connectivity index (χ3v) is 3.10. The monoisotopic (exact) mass is 251 g/mol. The maximum Gasteiger partial charge on any atom is 0.0948 e. The molecule has 1 aromatic carbocycles. The fraction of sp³-hybridized carbons (Fsp3) is 0.500. The van der Waals surface area contributed by atoms with Crippen LogP contribution >= 0.6 is 11.6 Å². The smallest absolute Gasteiger partial charge is 0.0948 e. The third kappa shape index (κ3) is 4.77. The predicted octanol–water partition coefficient (Wildman–Crippen LogP) is 3.66. The van der Waals surface area contributed by atoms with Crippen molar-refractivity contribution in [1.82, 2.24) is 0 Å². The van der Waals surface area contributed by atoms with Crippen LogP contribution in [0.1, 0.15) is 37.4 Å². The van der Waals surface area contributed by atoms with Crippen LogP contribution in [0.5, 0.6) is 0 Å². The molecule has 92 valence electrons. The van der Waals surface area contributed by atoms with Gasteiger partial charge in [0.2, 0.25) is 0 Å². The van der Waals surface area contributed by atoms with E-state index in [1.54, 1.807) is 0 Å². The number of rotatable bonds is 7. The second-order valence-electron chi connectivity index (χ2n) is 4.13. The molecule has 0 bridgehead atoms. The molecule has 0 radical (unpaired) electrons. The van der Waals surface area contributed by atoms with Crippen molar-refractivity contribution in [2.24, 2.45) is 5.92 Å². The van der Waals surface area contributed by atoms with Crippen molar-refractivity contribution in [2.75, 3.05) is 5.88 Å². The second-order valence-corrected chi connectivity index (χ2v) is 4.51. The maximum atomic E-state index is 10.1. The summed E-state index contributed by atoms with van der Waals surface area (Å²) in [5.74, 6) is 0.339. The lowest BCUT2D eigenvalue weighted by Crippen LogP contribution is -2.10. The van der Waals surface area contributed by atoms with Crippen LogP contribution in [0.3, 0.4) is 0 Å². The molecule has 0 aliphatic rings. The highest BCUT2D eigenvalue weighted by atomic mass is 35.5. The van der Waals surface area contributed by atoms with Crippen molar-refractivity contribution >= 4 is 11.6 Å². The molecule has 0 saturated carbocycles. The van der Waals surface area contributed by atoms with Crippen LogP contribution < -0.4 is 0 Å². The SMILES string of the molecule is N#CC(CCCCCCl)C(O)c1ccccc1. The Kier molecular flexibility index (Phi) is 6.69. The zero-order valence-electron chi connectivity index (χ0n) is 9.85. The molecule has 0 amide bonds. The summed E-state index contributed by atoms with van der Waals surface area (Å²) in [6, 6.07) is 11.6. The van der Waals surface area contributed by atoms with E-state index in [1.165, 1.54) is 0 Å². The van der Waals surface area contributed by atoms with Crippen molar-refractivity contribution in [3.05, 3.63) is 35.9 Å². The molecule has 0 aliphatic heterocycles. The molecule has 2 nitrogen and oxygen atoms in total. The highest BCUT2D eigenvalue weighted by Crippen LogP contribution is 2.25. The quantitative estimate of drug-likeness (QED) is 0.594. The van der Waals surface area contributed by atoms with Gasteiger partial charge in [-0.2, -0.15) is 5.26 Å². The van der Waals surface area contributed by atoms with Gasteiger partial charge in [-0.05, 0) is 18.4 Å². The molecular formula is C14H18ClNO. The van der Waals surface area contributed by atoms with Crippen molar-refractivity contribution < 1.29 is 5.11 Å². The maximum absolute atomic E-state index is 10.1. The standard InChI is InChI=1S/C14H18ClNO/c15-10-6-2-5-9-13(11-16)14(17)12-7-3-1-4-8-12/h1,3-4,7-8,13-14,17H,2,5-6,9-10H2. The van der Waals surface area contributed by atoms with E-state index >= 15 is 0 Å². The Hall–Kier alpha value is -1.04. The molecule has 0 fully saturated rings. The van der Waals surface area contributed by atoms with Gasteiger partial charge in [-0.15, -0.1) is 11.6 Å². The Bertz CT molecular complexity index is 347. The topological polar surface area (TPSA) is 44.0 Å². The number of nitriles is 1. The number of hydrogen-bond acceptors (Lipinski definition) is 2. The summed E-state index contributed by atoms with van der Waals surface area (Å²) in [5, 5.41) is 19.2. The number of benzene rings is 1. The molecule has 3 heteroatoms. The van der Waals surface area contributed by atoms with E-state index in [0.29, 0.717) is 5.88 Å². The first kappa shape index (κ1) is 14.0. The first-order chi connectivity index (χ1) is 8.29. The van der Waals surface area contributed by atoms with Crippen LogP contribution in [0.2, 0.25) is 0 Å². The van der Waals surface area contributed by atoms with Gasteiger partial charge < -0.3 is 5.11 Å². The first-order valence-electron chi connectivity index (χ1n) is 5.98. The van der Waals surface area contributed by atoms with E-state index in [1.807, 2.05) is 30.3 Å². The molecule has 0 aliphatic carbocycles. The Morgan fingerprint density at radius 2 is 1.88 bits per heavy atom. The minimum Gasteiger partial charge on any atom is -0.387 e. The van der Waals surface area contributed by atoms with Gasteiger partial charge in [0, 0.05) is 5.88 Å². The summed E-state index contributed by atoms with van der Waals surface area (Å²) in [6.45, 7) is 0. The molecule has 1 rings (SSSR count). The van der Waals surface area contributed by atoms with Crippen LogP contribution in [0.15, 0.2) is 30.3 Å². The highest BCUT2D eigenvalue weighted by molar-refractivity contribution is 6.17. The molecule has 1 aromatic rings. The van der Waals surface area contributed by atoms with Crippen molar-refractivity contribution in [1.29, 1.82) is 5.26 Å². The molecular weight excluding hydrogens is 234 g/mol. The lowest BCUT2D eigenvalue weighted by molar-refractivity contribution is 0.129. The summed E-state index contributed by atoms with van der Waals surface area (Å²) < 4.78 is 0. The number of aliphatic hydroxyl groups excluding tert-OH is 1. The predicted molar refractivity (Wildman–Crippen MR) is 69.7 cm³/mol. The van der Waals surface area contributed by atoms with Crippen LogP contribution in [0, 0.1) is 17.2 Å². The van der Waals surface area contributed by atoms with E-state index < -0.39 is 6.10 Å². The second kappa shape index (κ2) is 8.11. The van der Waals surface area contributed by atoms with Gasteiger partial charge in [-0.3, -0.25) is 0 Å². The van der Waals surface area contributed by atoms with Crippen molar-refractivity contribution in [2.45, 2.75) is 31.8 Å². The van der Waals surface area contributed by atoms with Crippen LogP contribution in [0.25, 0.3) is 0 Å². The first-order valence-corrected chi connectivity index (χ1v) is 6.51. The molecule has 0 saturated heterocycles. The molecule has 0 heterocycles. The Balaban J connectivity index is 2.48. The average molecular weight is 252 g/mol. The van der Waals surface area contributed by atoms with E-state index in [2.05, 4.69) is 6.07 Å². The lowest BCUT2D eigenvalue weighted by Gasteiger charge is -2.16. The van der Waals surface area contributed by atoms with Gasteiger partial charge in [0.15, 0.2) is 0 Å². The number of unbranched alkanes of at least 4 members (excludes halogenated alkanes) is 2. The Morgan fingerprint density at radius 3 is 2.47 bits per heavy atom. The summed E-state index contributed by atoms with van der Waals surface area (Å²) in [5.41, 5.74) is 0.816. The fourth-order valence-electron chi connectivity index (χ4n) is 1.81. The average Bonchev–Trinajstić information content (AvgIpc) is 2.39. The molecule has 0 aromatic heterocycles. The van der Waals surface area contributed by atoms with E-state index in [4.69, 9.17) is 16.9 Å². The zero-order valence-corrected chi connectivity index (χ0v) is 10.6.